The zero-order valence-electron chi connectivity index (χ0n) is 19.1. The lowest BCUT2D eigenvalue weighted by Gasteiger charge is -2.36. The topological polar surface area (TPSA) is 75.7 Å². The first kappa shape index (κ1) is 22.3. The molecule has 1 N–H and O–H groups in total. The molecule has 1 spiro atoms. The summed E-state index contributed by atoms with van der Waals surface area (Å²) >= 11 is 0. The molecule has 1 aromatic rings. The van der Waals surface area contributed by atoms with Crippen molar-refractivity contribution in [1.29, 1.82) is 0 Å². The maximum atomic E-state index is 13.0. The fourth-order valence-electron chi connectivity index (χ4n) is 4.62. The number of aryl methyl sites for hydroxylation is 2. The van der Waals surface area contributed by atoms with Gasteiger partial charge in [0.05, 0.1) is 0 Å². The quantitative estimate of drug-likeness (QED) is 0.593. The van der Waals surface area contributed by atoms with Crippen LogP contribution >= 0.6 is 0 Å². The third-order valence-electron chi connectivity index (χ3n) is 6.73. The van der Waals surface area contributed by atoms with Crippen LogP contribution in [0.4, 0.5) is 4.79 Å². The standard InChI is InChI=1S/C24H34N2O4/c1-15-11-18(23(4,5)6)12-16(2)19(15)14-30-20(27)13-26-21(28)24(25-22(26)29)10-8-7-9-17(24)3/h11-12,17H,7-10,13-14H2,1-6H3,(H,25,29)/t17-,24+/m0/s1. The highest BCUT2D eigenvalue weighted by Gasteiger charge is 2.55. The molecule has 1 aliphatic heterocycles. The van der Waals surface area contributed by atoms with Crippen molar-refractivity contribution in [2.24, 2.45) is 5.92 Å². The second-order valence-electron chi connectivity index (χ2n) is 9.94. The average molecular weight is 415 g/mol. The van der Waals surface area contributed by atoms with Crippen LogP contribution in [0.2, 0.25) is 0 Å². The Hall–Kier alpha value is -2.37. The van der Waals surface area contributed by atoms with E-state index in [1.807, 2.05) is 20.8 Å². The van der Waals surface area contributed by atoms with Gasteiger partial charge in [-0.3, -0.25) is 14.5 Å². The van der Waals surface area contributed by atoms with Gasteiger partial charge in [0.2, 0.25) is 0 Å². The first-order chi connectivity index (χ1) is 14.0. The summed E-state index contributed by atoms with van der Waals surface area (Å²) in [6, 6.07) is 3.76. The molecule has 2 fully saturated rings. The molecule has 0 bridgehead atoms. The van der Waals surface area contributed by atoms with Crippen LogP contribution in [0.3, 0.4) is 0 Å². The third-order valence-corrected chi connectivity index (χ3v) is 6.73. The summed E-state index contributed by atoms with van der Waals surface area (Å²) in [7, 11) is 0. The lowest BCUT2D eigenvalue weighted by Crippen LogP contribution is -2.54. The summed E-state index contributed by atoms with van der Waals surface area (Å²) in [5.41, 5.74) is 3.52. The minimum Gasteiger partial charge on any atom is -0.459 e. The van der Waals surface area contributed by atoms with Crippen molar-refractivity contribution in [2.45, 2.75) is 84.8 Å². The average Bonchev–Trinajstić information content (AvgIpc) is 2.87. The Bertz CT molecular complexity index is 847. The van der Waals surface area contributed by atoms with Crippen molar-refractivity contribution in [3.05, 3.63) is 34.4 Å². The number of nitrogens with one attached hydrogen (secondary N) is 1. The zero-order chi connectivity index (χ0) is 22.3. The Morgan fingerprint density at radius 1 is 1.20 bits per heavy atom. The molecule has 0 aromatic heterocycles. The molecular weight excluding hydrogens is 380 g/mol. The first-order valence-electron chi connectivity index (χ1n) is 10.9. The first-order valence-corrected chi connectivity index (χ1v) is 10.9. The second kappa shape index (κ2) is 8.05. The summed E-state index contributed by atoms with van der Waals surface area (Å²) in [6.07, 6.45) is 3.48. The maximum absolute atomic E-state index is 13.0. The minimum absolute atomic E-state index is 0.0421. The number of hydrogen-bond donors (Lipinski definition) is 1. The monoisotopic (exact) mass is 414 g/mol. The molecule has 164 valence electrons. The van der Waals surface area contributed by atoms with Crippen LogP contribution in [0.5, 0.6) is 0 Å². The van der Waals surface area contributed by atoms with E-state index in [0.717, 1.165) is 40.9 Å². The molecule has 1 heterocycles. The van der Waals surface area contributed by atoms with Gasteiger partial charge >= 0.3 is 12.0 Å². The van der Waals surface area contributed by atoms with Gasteiger partial charge in [-0.2, -0.15) is 0 Å². The fraction of sp³-hybridized carbons (Fsp3) is 0.625. The third kappa shape index (κ3) is 4.09. The highest BCUT2D eigenvalue weighted by Crippen LogP contribution is 2.38. The van der Waals surface area contributed by atoms with Crippen LogP contribution in [0.15, 0.2) is 12.1 Å². The van der Waals surface area contributed by atoms with Gasteiger partial charge in [0.15, 0.2) is 0 Å². The number of carbonyl (C=O) groups excluding carboxylic acids is 3. The largest absolute Gasteiger partial charge is 0.459 e. The lowest BCUT2D eigenvalue weighted by atomic mass is 9.73. The van der Waals surface area contributed by atoms with Gasteiger partial charge in [-0.15, -0.1) is 0 Å². The van der Waals surface area contributed by atoms with Crippen molar-refractivity contribution in [3.63, 3.8) is 0 Å². The van der Waals surface area contributed by atoms with Gasteiger partial charge in [0, 0.05) is 0 Å². The van der Waals surface area contributed by atoms with E-state index in [4.69, 9.17) is 4.74 Å². The molecule has 0 radical (unpaired) electrons. The number of nitrogens with zero attached hydrogens (tertiary/aromatic N) is 1. The number of urea groups is 1. The molecule has 1 saturated heterocycles. The predicted octanol–water partition coefficient (Wildman–Crippen LogP) is 4.14. The summed E-state index contributed by atoms with van der Waals surface area (Å²) in [5, 5.41) is 2.87. The Balaban J connectivity index is 1.65. The highest BCUT2D eigenvalue weighted by atomic mass is 16.5. The molecular formula is C24H34N2O4. The number of hydrogen-bond acceptors (Lipinski definition) is 4. The number of imide groups is 1. The smallest absolute Gasteiger partial charge is 0.326 e. The molecule has 2 aliphatic rings. The van der Waals surface area contributed by atoms with Gasteiger partial charge in [0.1, 0.15) is 18.7 Å². The van der Waals surface area contributed by atoms with Crippen LogP contribution in [-0.4, -0.2) is 34.9 Å². The number of esters is 1. The van der Waals surface area contributed by atoms with Crippen molar-refractivity contribution >= 4 is 17.9 Å². The Kier molecular flexibility index (Phi) is 5.99. The number of rotatable bonds is 4. The van der Waals surface area contributed by atoms with E-state index in [2.05, 4.69) is 38.2 Å². The lowest BCUT2D eigenvalue weighted by molar-refractivity contribution is -0.149. The molecule has 3 rings (SSSR count). The van der Waals surface area contributed by atoms with Crippen molar-refractivity contribution in [1.82, 2.24) is 10.2 Å². The second-order valence-corrected chi connectivity index (χ2v) is 9.94. The van der Waals surface area contributed by atoms with Gasteiger partial charge in [0.25, 0.3) is 5.91 Å². The molecule has 6 heteroatoms. The molecule has 0 unspecified atom stereocenters. The zero-order valence-corrected chi connectivity index (χ0v) is 19.1. The molecule has 1 aliphatic carbocycles. The Morgan fingerprint density at radius 2 is 1.83 bits per heavy atom. The van der Waals surface area contributed by atoms with E-state index in [1.165, 1.54) is 5.56 Å². The molecule has 6 nitrogen and oxygen atoms in total. The Morgan fingerprint density at radius 3 is 2.40 bits per heavy atom. The molecule has 30 heavy (non-hydrogen) atoms. The van der Waals surface area contributed by atoms with Gasteiger partial charge < -0.3 is 10.1 Å². The van der Waals surface area contributed by atoms with Crippen molar-refractivity contribution in [3.8, 4) is 0 Å². The summed E-state index contributed by atoms with van der Waals surface area (Å²) < 4.78 is 5.46. The van der Waals surface area contributed by atoms with Gasteiger partial charge in [-0.25, -0.2) is 4.79 Å². The normalized spacial score (nSPS) is 24.3. The maximum Gasteiger partial charge on any atom is 0.326 e. The number of ether oxygens (including phenoxy) is 1. The van der Waals surface area contributed by atoms with Crippen LogP contribution < -0.4 is 5.32 Å². The molecule has 3 amide bonds. The Labute approximate surface area is 179 Å². The van der Waals surface area contributed by atoms with Crippen LogP contribution in [0, 0.1) is 19.8 Å². The van der Waals surface area contributed by atoms with Crippen molar-refractivity contribution < 1.29 is 19.1 Å². The fourth-order valence-corrected chi connectivity index (χ4v) is 4.62. The van der Waals surface area contributed by atoms with E-state index in [0.29, 0.717) is 6.42 Å². The SMILES string of the molecule is Cc1cc(C(C)(C)C)cc(C)c1COC(=O)CN1C(=O)N[C@@]2(CCCC[C@@H]2C)C1=O. The number of benzene rings is 1. The van der Waals surface area contributed by atoms with Gasteiger partial charge in [-0.1, -0.05) is 52.7 Å². The summed E-state index contributed by atoms with van der Waals surface area (Å²) in [5.74, 6) is -0.799. The van der Waals surface area contributed by atoms with E-state index in [9.17, 15) is 14.4 Å². The van der Waals surface area contributed by atoms with Crippen LogP contribution in [-0.2, 0) is 26.3 Å². The molecule has 2 atom stereocenters. The molecule has 1 aromatic carbocycles. The summed E-state index contributed by atoms with van der Waals surface area (Å²) in [6.45, 7) is 12.3. The molecule has 1 saturated carbocycles. The van der Waals surface area contributed by atoms with E-state index < -0.39 is 17.5 Å². The van der Waals surface area contributed by atoms with Crippen LogP contribution in [0.25, 0.3) is 0 Å². The van der Waals surface area contributed by atoms with Gasteiger partial charge in [-0.05, 0) is 60.3 Å². The van der Waals surface area contributed by atoms with Crippen molar-refractivity contribution in [2.75, 3.05) is 6.54 Å². The van der Waals surface area contributed by atoms with E-state index in [1.54, 1.807) is 0 Å². The summed E-state index contributed by atoms with van der Waals surface area (Å²) in [4.78, 5) is 38.9. The van der Waals surface area contributed by atoms with E-state index in [-0.39, 0.29) is 30.4 Å². The number of carbonyl (C=O) groups is 3. The minimum atomic E-state index is -0.856. The predicted molar refractivity (Wildman–Crippen MR) is 115 cm³/mol. The highest BCUT2D eigenvalue weighted by molar-refractivity contribution is 6.08. The number of amides is 3. The van der Waals surface area contributed by atoms with E-state index >= 15 is 0 Å². The van der Waals surface area contributed by atoms with Crippen LogP contribution in [0.1, 0.15) is 75.6 Å².